The zero-order valence-electron chi connectivity index (χ0n) is 14.2. The molecule has 3 aromatic rings. The van der Waals surface area contributed by atoms with Gasteiger partial charge in [0.05, 0.1) is 27.6 Å². The van der Waals surface area contributed by atoms with Crippen LogP contribution in [0.15, 0.2) is 47.6 Å². The van der Waals surface area contributed by atoms with Crippen LogP contribution < -0.4 is 0 Å². The fourth-order valence-corrected chi connectivity index (χ4v) is 3.62. The molecule has 0 aliphatic rings. The summed E-state index contributed by atoms with van der Waals surface area (Å²) in [7, 11) is 0. The van der Waals surface area contributed by atoms with Crippen LogP contribution in [0.2, 0.25) is 10.0 Å². The van der Waals surface area contributed by atoms with E-state index in [0.717, 1.165) is 17.8 Å². The lowest BCUT2D eigenvalue weighted by Gasteiger charge is -2.15. The third-order valence-electron chi connectivity index (χ3n) is 3.69. The first-order valence-electron chi connectivity index (χ1n) is 7.85. The van der Waals surface area contributed by atoms with E-state index in [-0.39, 0.29) is 10.8 Å². The van der Waals surface area contributed by atoms with Crippen molar-refractivity contribution >= 4 is 35.0 Å². The van der Waals surface area contributed by atoms with Crippen LogP contribution in [0.3, 0.4) is 0 Å². The predicted octanol–water partition coefficient (Wildman–Crippen LogP) is 6.26. The third-order valence-corrected chi connectivity index (χ3v) is 5.19. The molecule has 0 aliphatic heterocycles. The number of nitrogens with zero attached hydrogens (tertiary/aromatic N) is 4. The molecule has 0 spiro atoms. The molecule has 1 aromatic heterocycles. The molecule has 0 bridgehead atoms. The first-order valence-corrected chi connectivity index (χ1v) is 9.49. The summed E-state index contributed by atoms with van der Waals surface area (Å²) in [6, 6.07) is 12.3. The molecule has 0 saturated carbocycles. The molecule has 0 fully saturated rings. The standard InChI is InChI=1S/C18H11Cl2F3N4S/c1-10(9-24)28-17-26-25-16(11-3-2-4-12(19)7-11)27(17)13-5-6-15(20)14(8-13)18(21,22)23/h2-8,10H,1H3/t10-/m1/s1. The lowest BCUT2D eigenvalue weighted by atomic mass is 10.1. The van der Waals surface area contributed by atoms with Gasteiger partial charge in [0.1, 0.15) is 0 Å². The summed E-state index contributed by atoms with van der Waals surface area (Å²) >= 11 is 12.9. The van der Waals surface area contributed by atoms with Crippen LogP contribution in [0.1, 0.15) is 12.5 Å². The molecule has 4 nitrogen and oxygen atoms in total. The van der Waals surface area contributed by atoms with Crippen LogP contribution in [0, 0.1) is 11.3 Å². The molecule has 10 heteroatoms. The van der Waals surface area contributed by atoms with Gasteiger partial charge in [-0.05, 0) is 37.3 Å². The van der Waals surface area contributed by atoms with Crippen molar-refractivity contribution in [2.75, 3.05) is 0 Å². The van der Waals surface area contributed by atoms with Gasteiger partial charge in [-0.15, -0.1) is 10.2 Å². The van der Waals surface area contributed by atoms with Gasteiger partial charge in [0.2, 0.25) is 0 Å². The first kappa shape index (κ1) is 20.5. The quantitative estimate of drug-likeness (QED) is 0.447. The van der Waals surface area contributed by atoms with E-state index < -0.39 is 22.0 Å². The molecule has 28 heavy (non-hydrogen) atoms. The molecule has 0 N–H and O–H groups in total. The smallest absolute Gasteiger partial charge is 0.270 e. The van der Waals surface area contributed by atoms with Crippen molar-refractivity contribution in [3.63, 3.8) is 0 Å². The Morgan fingerprint density at radius 3 is 2.54 bits per heavy atom. The monoisotopic (exact) mass is 442 g/mol. The van der Waals surface area contributed by atoms with Crippen LogP contribution in [0.5, 0.6) is 0 Å². The number of halogens is 5. The summed E-state index contributed by atoms with van der Waals surface area (Å²) in [5.74, 6) is 0.297. The van der Waals surface area contributed by atoms with Gasteiger partial charge in [0, 0.05) is 10.6 Å². The second-order valence-electron chi connectivity index (χ2n) is 5.70. The zero-order valence-corrected chi connectivity index (χ0v) is 16.5. The van der Waals surface area contributed by atoms with Crippen molar-refractivity contribution in [3.8, 4) is 23.1 Å². The minimum absolute atomic E-state index is 0.171. The molecule has 144 valence electrons. The summed E-state index contributed by atoms with van der Waals surface area (Å²) < 4.78 is 41.4. The molecular formula is C18H11Cl2F3N4S. The Balaban J connectivity index is 2.23. The van der Waals surface area contributed by atoms with E-state index >= 15 is 0 Å². The highest BCUT2D eigenvalue weighted by Gasteiger charge is 2.34. The number of aromatic nitrogens is 3. The largest absolute Gasteiger partial charge is 0.417 e. The Morgan fingerprint density at radius 2 is 1.89 bits per heavy atom. The van der Waals surface area contributed by atoms with E-state index in [1.54, 1.807) is 31.2 Å². The van der Waals surface area contributed by atoms with Gasteiger partial charge in [0.25, 0.3) is 0 Å². The van der Waals surface area contributed by atoms with Crippen LogP contribution >= 0.6 is 35.0 Å². The highest BCUT2D eigenvalue weighted by molar-refractivity contribution is 8.00. The summed E-state index contributed by atoms with van der Waals surface area (Å²) in [6.07, 6.45) is -4.62. The van der Waals surface area contributed by atoms with Crippen molar-refractivity contribution in [3.05, 3.63) is 58.1 Å². The van der Waals surface area contributed by atoms with Gasteiger partial charge in [-0.1, -0.05) is 47.1 Å². The minimum atomic E-state index is -4.62. The Kier molecular flexibility index (Phi) is 5.89. The SMILES string of the molecule is C[C@H](C#N)Sc1nnc(-c2cccc(Cl)c2)n1-c1ccc(Cl)c(C(F)(F)F)c1. The number of nitriles is 1. The Morgan fingerprint density at radius 1 is 1.14 bits per heavy atom. The fraction of sp³-hybridized carbons (Fsp3) is 0.167. The van der Waals surface area contributed by atoms with E-state index in [9.17, 15) is 13.2 Å². The number of thioether (sulfide) groups is 1. The van der Waals surface area contributed by atoms with Crippen molar-refractivity contribution in [1.82, 2.24) is 14.8 Å². The second-order valence-corrected chi connectivity index (χ2v) is 7.85. The van der Waals surface area contributed by atoms with Gasteiger partial charge in [-0.3, -0.25) is 4.57 Å². The third kappa shape index (κ3) is 4.27. The van der Waals surface area contributed by atoms with Crippen molar-refractivity contribution in [2.45, 2.75) is 23.5 Å². The Labute approximate surface area is 172 Å². The first-order chi connectivity index (χ1) is 13.2. The van der Waals surface area contributed by atoms with Gasteiger partial charge in [0.15, 0.2) is 11.0 Å². The molecule has 0 aliphatic carbocycles. The van der Waals surface area contributed by atoms with Gasteiger partial charge in [-0.2, -0.15) is 18.4 Å². The van der Waals surface area contributed by atoms with E-state index in [1.165, 1.54) is 16.7 Å². The maximum absolute atomic E-state index is 13.3. The summed E-state index contributed by atoms with van der Waals surface area (Å²) in [5.41, 5.74) is -0.231. The van der Waals surface area contributed by atoms with E-state index in [2.05, 4.69) is 16.3 Å². The van der Waals surface area contributed by atoms with Crippen molar-refractivity contribution < 1.29 is 13.2 Å². The highest BCUT2D eigenvalue weighted by atomic mass is 35.5. The van der Waals surface area contributed by atoms with E-state index in [1.807, 2.05) is 0 Å². The Hall–Kier alpha value is -2.21. The fourth-order valence-electron chi connectivity index (χ4n) is 2.45. The second kappa shape index (κ2) is 8.03. The molecule has 0 unspecified atom stereocenters. The molecule has 2 aromatic carbocycles. The molecule has 0 radical (unpaired) electrons. The highest BCUT2D eigenvalue weighted by Crippen LogP contribution is 2.38. The maximum atomic E-state index is 13.3. The minimum Gasteiger partial charge on any atom is -0.270 e. The maximum Gasteiger partial charge on any atom is 0.417 e. The predicted molar refractivity (Wildman–Crippen MR) is 103 cm³/mol. The van der Waals surface area contributed by atoms with Gasteiger partial charge in [-0.25, -0.2) is 0 Å². The average molecular weight is 443 g/mol. The number of hydrogen-bond donors (Lipinski definition) is 0. The van der Waals surface area contributed by atoms with Crippen molar-refractivity contribution in [2.24, 2.45) is 0 Å². The summed E-state index contributed by atoms with van der Waals surface area (Å²) in [5, 5.41) is 17.1. The van der Waals surface area contributed by atoms with Crippen LogP contribution in [-0.2, 0) is 6.18 Å². The molecular weight excluding hydrogens is 432 g/mol. The lowest BCUT2D eigenvalue weighted by Crippen LogP contribution is -2.08. The zero-order chi connectivity index (χ0) is 20.5. The lowest BCUT2D eigenvalue weighted by molar-refractivity contribution is -0.137. The molecule has 0 amide bonds. The number of alkyl halides is 3. The number of hydrogen-bond acceptors (Lipinski definition) is 4. The molecule has 0 saturated heterocycles. The summed E-state index contributed by atoms with van der Waals surface area (Å²) in [6.45, 7) is 1.66. The van der Waals surface area contributed by atoms with Crippen LogP contribution in [-0.4, -0.2) is 20.0 Å². The topological polar surface area (TPSA) is 54.5 Å². The van der Waals surface area contributed by atoms with Gasteiger partial charge < -0.3 is 0 Å². The van der Waals surface area contributed by atoms with Crippen LogP contribution in [0.25, 0.3) is 17.1 Å². The molecule has 1 heterocycles. The molecule has 3 rings (SSSR count). The normalized spacial score (nSPS) is 12.6. The molecule has 1 atom stereocenters. The van der Waals surface area contributed by atoms with Crippen LogP contribution in [0.4, 0.5) is 13.2 Å². The number of benzene rings is 2. The average Bonchev–Trinajstić information content (AvgIpc) is 3.04. The number of rotatable bonds is 4. The summed E-state index contributed by atoms with van der Waals surface area (Å²) in [4.78, 5) is 0. The van der Waals surface area contributed by atoms with E-state index in [4.69, 9.17) is 28.5 Å². The van der Waals surface area contributed by atoms with Gasteiger partial charge >= 0.3 is 6.18 Å². The Bertz CT molecular complexity index is 1060. The van der Waals surface area contributed by atoms with Crippen molar-refractivity contribution in [1.29, 1.82) is 5.26 Å². The van der Waals surface area contributed by atoms with E-state index in [0.29, 0.717) is 16.4 Å².